The SMILES string of the molecule is CC(=O)N1CCN(Cc2cc(C(=O)O)ccn2)CC1. The van der Waals surface area contributed by atoms with Crippen molar-refractivity contribution in [1.82, 2.24) is 14.8 Å². The third-order valence-electron chi connectivity index (χ3n) is 3.27. The number of aromatic nitrogens is 1. The first kappa shape index (κ1) is 13.5. The summed E-state index contributed by atoms with van der Waals surface area (Å²) in [6.07, 6.45) is 1.52. The maximum absolute atomic E-state index is 11.2. The van der Waals surface area contributed by atoms with Crippen molar-refractivity contribution >= 4 is 11.9 Å². The van der Waals surface area contributed by atoms with E-state index < -0.39 is 5.97 Å². The molecule has 1 N–H and O–H groups in total. The van der Waals surface area contributed by atoms with Crippen LogP contribution in [0.1, 0.15) is 23.0 Å². The fourth-order valence-corrected chi connectivity index (χ4v) is 2.15. The second-order valence-electron chi connectivity index (χ2n) is 4.62. The molecule has 0 unspecified atom stereocenters. The van der Waals surface area contributed by atoms with Crippen LogP contribution in [-0.4, -0.2) is 57.9 Å². The Morgan fingerprint density at radius 1 is 1.32 bits per heavy atom. The molecule has 1 saturated heterocycles. The van der Waals surface area contributed by atoms with Gasteiger partial charge in [0, 0.05) is 45.8 Å². The highest BCUT2D eigenvalue weighted by Gasteiger charge is 2.19. The van der Waals surface area contributed by atoms with Crippen molar-refractivity contribution < 1.29 is 14.7 Å². The van der Waals surface area contributed by atoms with Gasteiger partial charge in [-0.1, -0.05) is 0 Å². The molecule has 6 nitrogen and oxygen atoms in total. The normalized spacial score (nSPS) is 16.4. The third-order valence-corrected chi connectivity index (χ3v) is 3.27. The third kappa shape index (κ3) is 3.51. The number of nitrogens with zero attached hydrogens (tertiary/aromatic N) is 3. The average molecular weight is 263 g/mol. The number of carboxylic acids is 1. The van der Waals surface area contributed by atoms with E-state index in [0.29, 0.717) is 19.6 Å². The molecule has 1 fully saturated rings. The van der Waals surface area contributed by atoms with E-state index >= 15 is 0 Å². The van der Waals surface area contributed by atoms with Crippen LogP contribution in [0.2, 0.25) is 0 Å². The second kappa shape index (κ2) is 5.79. The number of carbonyl (C=O) groups excluding carboxylic acids is 1. The molecule has 1 aromatic rings. The molecule has 1 aliphatic rings. The fraction of sp³-hybridized carbons (Fsp3) is 0.462. The van der Waals surface area contributed by atoms with Gasteiger partial charge in [0.05, 0.1) is 11.3 Å². The summed E-state index contributed by atoms with van der Waals surface area (Å²) in [5, 5.41) is 8.93. The van der Waals surface area contributed by atoms with Gasteiger partial charge in [-0.3, -0.25) is 14.7 Å². The molecule has 0 aliphatic carbocycles. The maximum Gasteiger partial charge on any atom is 0.335 e. The zero-order chi connectivity index (χ0) is 13.8. The molecule has 1 aromatic heterocycles. The van der Waals surface area contributed by atoms with Crippen molar-refractivity contribution in [2.24, 2.45) is 0 Å². The predicted molar refractivity (Wildman–Crippen MR) is 68.7 cm³/mol. The minimum Gasteiger partial charge on any atom is -0.478 e. The highest BCUT2D eigenvalue weighted by atomic mass is 16.4. The van der Waals surface area contributed by atoms with E-state index in [1.54, 1.807) is 13.0 Å². The summed E-state index contributed by atoms with van der Waals surface area (Å²) < 4.78 is 0. The summed E-state index contributed by atoms with van der Waals surface area (Å²) in [7, 11) is 0. The van der Waals surface area contributed by atoms with Gasteiger partial charge in [0.1, 0.15) is 0 Å². The van der Waals surface area contributed by atoms with Crippen molar-refractivity contribution in [1.29, 1.82) is 0 Å². The van der Waals surface area contributed by atoms with Crippen molar-refractivity contribution in [2.75, 3.05) is 26.2 Å². The molecular formula is C13H17N3O3. The largest absolute Gasteiger partial charge is 0.478 e. The van der Waals surface area contributed by atoms with E-state index in [0.717, 1.165) is 18.8 Å². The zero-order valence-corrected chi connectivity index (χ0v) is 10.9. The summed E-state index contributed by atoms with van der Waals surface area (Å²) in [5.41, 5.74) is 1.00. The van der Waals surface area contributed by atoms with Gasteiger partial charge >= 0.3 is 5.97 Å². The van der Waals surface area contributed by atoms with E-state index in [9.17, 15) is 9.59 Å². The number of piperazine rings is 1. The van der Waals surface area contributed by atoms with Crippen LogP contribution in [-0.2, 0) is 11.3 Å². The zero-order valence-electron chi connectivity index (χ0n) is 10.9. The number of aromatic carboxylic acids is 1. The fourth-order valence-electron chi connectivity index (χ4n) is 2.15. The van der Waals surface area contributed by atoms with Gasteiger partial charge in [-0.25, -0.2) is 4.79 Å². The predicted octanol–water partition coefficient (Wildman–Crippen LogP) is 0.444. The first-order valence-corrected chi connectivity index (χ1v) is 6.22. The highest BCUT2D eigenvalue weighted by molar-refractivity contribution is 5.87. The Labute approximate surface area is 111 Å². The van der Waals surface area contributed by atoms with Crippen LogP contribution < -0.4 is 0 Å². The van der Waals surface area contributed by atoms with Gasteiger partial charge in [0.15, 0.2) is 0 Å². The molecule has 6 heteroatoms. The quantitative estimate of drug-likeness (QED) is 0.856. The molecule has 19 heavy (non-hydrogen) atoms. The van der Waals surface area contributed by atoms with Crippen LogP contribution in [0, 0.1) is 0 Å². The first-order valence-electron chi connectivity index (χ1n) is 6.22. The second-order valence-corrected chi connectivity index (χ2v) is 4.62. The van der Waals surface area contributed by atoms with Crippen LogP contribution in [0.3, 0.4) is 0 Å². The summed E-state index contributed by atoms with van der Waals surface area (Å²) in [5.74, 6) is -0.837. The Morgan fingerprint density at radius 3 is 2.58 bits per heavy atom. The van der Waals surface area contributed by atoms with Crippen LogP contribution in [0.5, 0.6) is 0 Å². The molecule has 0 bridgehead atoms. The van der Waals surface area contributed by atoms with E-state index in [-0.39, 0.29) is 11.5 Å². The van der Waals surface area contributed by atoms with Crippen molar-refractivity contribution in [3.8, 4) is 0 Å². The Balaban J connectivity index is 1.94. The highest BCUT2D eigenvalue weighted by Crippen LogP contribution is 2.08. The molecule has 2 rings (SSSR count). The van der Waals surface area contributed by atoms with E-state index in [1.165, 1.54) is 12.3 Å². The van der Waals surface area contributed by atoms with Gasteiger partial charge in [0.25, 0.3) is 0 Å². The lowest BCUT2D eigenvalue weighted by Crippen LogP contribution is -2.47. The molecule has 0 saturated carbocycles. The average Bonchev–Trinajstić information content (AvgIpc) is 2.39. The Hall–Kier alpha value is -1.95. The summed E-state index contributed by atoms with van der Waals surface area (Å²) in [6, 6.07) is 3.08. The first-order chi connectivity index (χ1) is 9.06. The molecule has 1 amide bonds. The number of hydrogen-bond donors (Lipinski definition) is 1. The van der Waals surface area contributed by atoms with Crippen LogP contribution in [0.15, 0.2) is 18.3 Å². The number of pyridine rings is 1. The topological polar surface area (TPSA) is 73.7 Å². The van der Waals surface area contributed by atoms with Gasteiger partial charge < -0.3 is 10.0 Å². The Morgan fingerprint density at radius 2 is 2.00 bits per heavy atom. The van der Waals surface area contributed by atoms with E-state index in [2.05, 4.69) is 9.88 Å². The molecule has 0 aromatic carbocycles. The summed E-state index contributed by atoms with van der Waals surface area (Å²) in [4.78, 5) is 30.3. The number of hydrogen-bond acceptors (Lipinski definition) is 4. The van der Waals surface area contributed by atoms with Crippen LogP contribution in [0.25, 0.3) is 0 Å². The van der Waals surface area contributed by atoms with Crippen molar-refractivity contribution in [3.05, 3.63) is 29.6 Å². The molecular weight excluding hydrogens is 246 g/mol. The van der Waals surface area contributed by atoms with Crippen LogP contribution in [0.4, 0.5) is 0 Å². The molecule has 102 valence electrons. The lowest BCUT2D eigenvalue weighted by molar-refractivity contribution is -0.130. The number of amides is 1. The standard InChI is InChI=1S/C13H17N3O3/c1-10(17)16-6-4-15(5-7-16)9-12-8-11(13(18)19)2-3-14-12/h2-3,8H,4-7,9H2,1H3,(H,18,19). The molecule has 1 aliphatic heterocycles. The van der Waals surface area contributed by atoms with Crippen LogP contribution >= 0.6 is 0 Å². The monoisotopic (exact) mass is 263 g/mol. The van der Waals surface area contributed by atoms with Gasteiger partial charge in [0.2, 0.25) is 5.91 Å². The van der Waals surface area contributed by atoms with Gasteiger partial charge in [-0.15, -0.1) is 0 Å². The van der Waals surface area contributed by atoms with Gasteiger partial charge in [-0.05, 0) is 12.1 Å². The summed E-state index contributed by atoms with van der Waals surface area (Å²) >= 11 is 0. The summed E-state index contributed by atoms with van der Waals surface area (Å²) in [6.45, 7) is 5.21. The number of rotatable bonds is 3. The van der Waals surface area contributed by atoms with Gasteiger partial charge in [-0.2, -0.15) is 0 Å². The van der Waals surface area contributed by atoms with Crippen molar-refractivity contribution in [2.45, 2.75) is 13.5 Å². The Bertz CT molecular complexity index is 482. The van der Waals surface area contributed by atoms with Crippen molar-refractivity contribution in [3.63, 3.8) is 0 Å². The van der Waals surface area contributed by atoms with E-state index in [4.69, 9.17) is 5.11 Å². The lowest BCUT2D eigenvalue weighted by Gasteiger charge is -2.33. The molecule has 2 heterocycles. The number of carbonyl (C=O) groups is 2. The maximum atomic E-state index is 11.2. The molecule has 0 radical (unpaired) electrons. The smallest absolute Gasteiger partial charge is 0.335 e. The molecule has 0 atom stereocenters. The lowest BCUT2D eigenvalue weighted by atomic mass is 10.2. The minimum atomic E-state index is -0.940. The number of carboxylic acid groups (broad SMARTS) is 1. The molecule has 0 spiro atoms. The minimum absolute atomic E-state index is 0.102. The van der Waals surface area contributed by atoms with E-state index in [1.807, 2.05) is 4.90 Å². The Kier molecular flexibility index (Phi) is 4.11.